The monoisotopic (exact) mass is 461 g/mol. The van der Waals surface area contributed by atoms with Gasteiger partial charge >= 0.3 is 0 Å². The number of nitrogens with one attached hydrogen (secondary N) is 2. The van der Waals surface area contributed by atoms with Crippen LogP contribution in [0.15, 0.2) is 47.5 Å². The number of aromatic nitrogens is 5. The number of fused-ring (bicyclic) bond motifs is 1. The summed E-state index contributed by atoms with van der Waals surface area (Å²) >= 11 is 0. The minimum absolute atomic E-state index is 0.133. The summed E-state index contributed by atoms with van der Waals surface area (Å²) in [4.78, 5) is 18.7. The smallest absolute Gasteiger partial charge is 0.227 e. The Morgan fingerprint density at radius 3 is 2.71 bits per heavy atom. The Kier molecular flexibility index (Phi) is 6.44. The van der Waals surface area contributed by atoms with Crippen LogP contribution in [-0.2, 0) is 6.54 Å². The van der Waals surface area contributed by atoms with Crippen LogP contribution in [0.1, 0.15) is 57.6 Å². The van der Waals surface area contributed by atoms with E-state index in [1.54, 1.807) is 13.2 Å². The van der Waals surface area contributed by atoms with E-state index in [1.165, 1.54) is 12.8 Å². The SMILES string of the molecule is CCC(Nc1nc(NCc2ccc(-c3ccco3)nc2)c2ncn(C3CCCC3)c2n1)[C@@H](C)O. The summed E-state index contributed by atoms with van der Waals surface area (Å²) in [6.45, 7) is 4.35. The average Bonchev–Trinajstić information content (AvgIpc) is 3.62. The zero-order chi connectivity index (χ0) is 23.5. The van der Waals surface area contributed by atoms with Crippen molar-refractivity contribution in [3.63, 3.8) is 0 Å². The molecule has 0 spiro atoms. The van der Waals surface area contributed by atoms with Crippen LogP contribution in [0.2, 0.25) is 0 Å². The van der Waals surface area contributed by atoms with Crippen LogP contribution in [0.5, 0.6) is 0 Å². The van der Waals surface area contributed by atoms with E-state index in [0.717, 1.165) is 47.4 Å². The molecule has 1 aliphatic rings. The van der Waals surface area contributed by atoms with Gasteiger partial charge < -0.3 is 24.7 Å². The summed E-state index contributed by atoms with van der Waals surface area (Å²) in [5.41, 5.74) is 3.38. The Hall–Kier alpha value is -3.46. The van der Waals surface area contributed by atoms with Crippen molar-refractivity contribution in [3.8, 4) is 11.5 Å². The van der Waals surface area contributed by atoms with Crippen molar-refractivity contribution in [1.82, 2.24) is 24.5 Å². The molecule has 9 heteroatoms. The molecule has 9 nitrogen and oxygen atoms in total. The molecule has 4 heterocycles. The number of aliphatic hydroxyl groups is 1. The van der Waals surface area contributed by atoms with Crippen molar-refractivity contribution in [2.24, 2.45) is 0 Å². The molecule has 34 heavy (non-hydrogen) atoms. The lowest BCUT2D eigenvalue weighted by Crippen LogP contribution is -2.31. The van der Waals surface area contributed by atoms with E-state index in [0.29, 0.717) is 24.4 Å². The maximum atomic E-state index is 10.1. The number of pyridine rings is 1. The number of hydrogen-bond donors (Lipinski definition) is 3. The highest BCUT2D eigenvalue weighted by Gasteiger charge is 2.23. The van der Waals surface area contributed by atoms with Crippen LogP contribution in [0.25, 0.3) is 22.6 Å². The first-order valence-electron chi connectivity index (χ1n) is 12.0. The molecule has 0 bridgehead atoms. The average molecular weight is 462 g/mol. The highest BCUT2D eigenvalue weighted by molar-refractivity contribution is 5.84. The Balaban J connectivity index is 1.42. The Bertz CT molecular complexity index is 1210. The lowest BCUT2D eigenvalue weighted by molar-refractivity contribution is 0.169. The molecule has 0 amide bonds. The molecule has 0 radical (unpaired) electrons. The minimum atomic E-state index is -0.515. The number of nitrogens with zero attached hydrogens (tertiary/aromatic N) is 5. The third-order valence-corrected chi connectivity index (χ3v) is 6.53. The van der Waals surface area contributed by atoms with Crippen LogP contribution in [-0.4, -0.2) is 41.8 Å². The van der Waals surface area contributed by atoms with E-state index in [-0.39, 0.29) is 6.04 Å². The number of anilines is 2. The lowest BCUT2D eigenvalue weighted by Gasteiger charge is -2.20. The lowest BCUT2D eigenvalue weighted by atomic mass is 10.1. The standard InChI is InChI=1S/C25H31N7O2/c1-3-19(16(2)33)29-25-30-23(22-24(31-25)32(15-28-22)18-7-4-5-8-18)27-14-17-10-11-20(26-13-17)21-9-6-12-34-21/h6,9-13,15-16,18-19,33H,3-5,7-8,14H2,1-2H3,(H2,27,29,30,31)/t16-,19?/m1/s1. The molecular formula is C25H31N7O2. The second-order valence-corrected chi connectivity index (χ2v) is 8.94. The Morgan fingerprint density at radius 2 is 2.03 bits per heavy atom. The molecular weight excluding hydrogens is 430 g/mol. The largest absolute Gasteiger partial charge is 0.463 e. The van der Waals surface area contributed by atoms with Crippen LogP contribution >= 0.6 is 0 Å². The first-order chi connectivity index (χ1) is 16.6. The summed E-state index contributed by atoms with van der Waals surface area (Å²) in [5.74, 6) is 1.90. The Labute approximate surface area is 198 Å². The fraction of sp³-hybridized carbons (Fsp3) is 0.440. The molecule has 1 fully saturated rings. The van der Waals surface area contributed by atoms with Gasteiger partial charge in [-0.3, -0.25) is 4.98 Å². The third-order valence-electron chi connectivity index (χ3n) is 6.53. The maximum Gasteiger partial charge on any atom is 0.227 e. The molecule has 4 aromatic heterocycles. The summed E-state index contributed by atoms with van der Waals surface area (Å²) in [6, 6.07) is 7.99. The molecule has 5 rings (SSSR count). The van der Waals surface area contributed by atoms with Crippen molar-refractivity contribution >= 4 is 22.9 Å². The zero-order valence-electron chi connectivity index (χ0n) is 19.6. The van der Waals surface area contributed by atoms with Gasteiger partial charge in [0.1, 0.15) is 5.69 Å². The molecule has 178 valence electrons. The van der Waals surface area contributed by atoms with Crippen molar-refractivity contribution < 1.29 is 9.52 Å². The van der Waals surface area contributed by atoms with Crippen LogP contribution in [0.3, 0.4) is 0 Å². The van der Waals surface area contributed by atoms with Gasteiger partial charge in [0.2, 0.25) is 5.95 Å². The quantitative estimate of drug-likeness (QED) is 0.326. The van der Waals surface area contributed by atoms with Crippen molar-refractivity contribution in [2.75, 3.05) is 10.6 Å². The highest BCUT2D eigenvalue weighted by atomic mass is 16.3. The molecule has 1 unspecified atom stereocenters. The van der Waals surface area contributed by atoms with Gasteiger partial charge in [0.05, 0.1) is 24.7 Å². The normalized spacial score (nSPS) is 16.1. The van der Waals surface area contributed by atoms with Gasteiger partial charge in [-0.25, -0.2) is 4.98 Å². The number of hydrogen-bond acceptors (Lipinski definition) is 8. The minimum Gasteiger partial charge on any atom is -0.463 e. The summed E-state index contributed by atoms with van der Waals surface area (Å²) in [7, 11) is 0. The second kappa shape index (κ2) is 9.80. The summed E-state index contributed by atoms with van der Waals surface area (Å²) in [6.07, 6.45) is 10.3. The van der Waals surface area contributed by atoms with Crippen molar-refractivity contribution in [3.05, 3.63) is 48.6 Å². The summed E-state index contributed by atoms with van der Waals surface area (Å²) in [5, 5.41) is 16.9. The Morgan fingerprint density at radius 1 is 1.18 bits per heavy atom. The van der Waals surface area contributed by atoms with Gasteiger partial charge in [0.15, 0.2) is 22.7 Å². The van der Waals surface area contributed by atoms with Gasteiger partial charge in [-0.1, -0.05) is 25.8 Å². The van der Waals surface area contributed by atoms with Crippen molar-refractivity contribution in [2.45, 2.75) is 70.7 Å². The first kappa shape index (κ1) is 22.3. The molecule has 1 saturated carbocycles. The molecule has 0 aromatic carbocycles. The molecule has 1 aliphatic carbocycles. The third kappa shape index (κ3) is 4.61. The van der Waals surface area contributed by atoms with Gasteiger partial charge in [-0.15, -0.1) is 0 Å². The fourth-order valence-corrected chi connectivity index (χ4v) is 4.57. The van der Waals surface area contributed by atoms with E-state index < -0.39 is 6.10 Å². The second-order valence-electron chi connectivity index (χ2n) is 8.94. The maximum absolute atomic E-state index is 10.1. The van der Waals surface area contributed by atoms with Crippen molar-refractivity contribution in [1.29, 1.82) is 0 Å². The van der Waals surface area contributed by atoms with E-state index in [2.05, 4.69) is 25.2 Å². The summed E-state index contributed by atoms with van der Waals surface area (Å²) < 4.78 is 7.61. The van der Waals surface area contributed by atoms with E-state index in [1.807, 2.05) is 43.7 Å². The molecule has 0 aliphatic heterocycles. The van der Waals surface area contributed by atoms with Gasteiger partial charge in [0.25, 0.3) is 0 Å². The fourth-order valence-electron chi connectivity index (χ4n) is 4.57. The number of furan rings is 1. The molecule has 4 aromatic rings. The topological polar surface area (TPSA) is 114 Å². The van der Waals surface area contributed by atoms with E-state index >= 15 is 0 Å². The van der Waals surface area contributed by atoms with Gasteiger partial charge in [-0.05, 0) is 49.9 Å². The van der Waals surface area contributed by atoms with Gasteiger partial charge in [-0.2, -0.15) is 9.97 Å². The van der Waals surface area contributed by atoms with Crippen LogP contribution in [0.4, 0.5) is 11.8 Å². The number of imidazole rings is 1. The predicted molar refractivity (Wildman–Crippen MR) is 131 cm³/mol. The highest BCUT2D eigenvalue weighted by Crippen LogP contribution is 2.33. The molecule has 0 saturated heterocycles. The predicted octanol–water partition coefficient (Wildman–Crippen LogP) is 4.78. The molecule has 2 atom stereocenters. The van der Waals surface area contributed by atoms with Gasteiger partial charge in [0, 0.05) is 18.8 Å². The van der Waals surface area contributed by atoms with E-state index in [9.17, 15) is 5.11 Å². The zero-order valence-corrected chi connectivity index (χ0v) is 19.6. The number of rotatable bonds is 9. The van der Waals surface area contributed by atoms with Crippen LogP contribution < -0.4 is 10.6 Å². The molecule has 3 N–H and O–H groups in total. The first-order valence-corrected chi connectivity index (χ1v) is 12.0. The van der Waals surface area contributed by atoms with E-state index in [4.69, 9.17) is 14.4 Å². The number of aliphatic hydroxyl groups excluding tert-OH is 1. The van der Waals surface area contributed by atoms with Crippen LogP contribution in [0, 0.1) is 0 Å².